The van der Waals surface area contributed by atoms with E-state index in [1.165, 1.54) is 38.1 Å². The highest BCUT2D eigenvalue weighted by atomic mass is 32.2. The SMILES string of the molecule is COc1ccc(S(=O)(=O)NCCC(=O)N2CCc3[nH]c4ccccc4c3C2)cc1OC. The van der Waals surface area contributed by atoms with Crippen molar-refractivity contribution >= 4 is 26.8 Å². The maximum Gasteiger partial charge on any atom is 0.240 e. The van der Waals surface area contributed by atoms with Gasteiger partial charge in [-0.05, 0) is 18.2 Å². The summed E-state index contributed by atoms with van der Waals surface area (Å²) in [5.41, 5.74) is 3.38. The molecule has 1 aliphatic rings. The molecule has 8 nitrogen and oxygen atoms in total. The number of rotatable bonds is 7. The molecule has 0 atom stereocenters. The van der Waals surface area contributed by atoms with Gasteiger partial charge in [0.15, 0.2) is 11.5 Å². The summed E-state index contributed by atoms with van der Waals surface area (Å²) in [5, 5.41) is 1.13. The lowest BCUT2D eigenvalue weighted by atomic mass is 10.0. The van der Waals surface area contributed by atoms with E-state index in [2.05, 4.69) is 15.8 Å². The second-order valence-electron chi connectivity index (χ2n) is 7.36. The molecule has 1 aliphatic heterocycles. The van der Waals surface area contributed by atoms with E-state index in [-0.39, 0.29) is 23.8 Å². The molecule has 2 aromatic carbocycles. The molecule has 0 spiro atoms. The molecule has 0 aliphatic carbocycles. The zero-order valence-corrected chi connectivity index (χ0v) is 18.3. The molecule has 0 bridgehead atoms. The largest absolute Gasteiger partial charge is 0.493 e. The number of methoxy groups -OCH3 is 2. The van der Waals surface area contributed by atoms with E-state index in [9.17, 15) is 13.2 Å². The number of benzene rings is 2. The molecule has 2 N–H and O–H groups in total. The van der Waals surface area contributed by atoms with Crippen molar-refractivity contribution in [2.45, 2.75) is 24.3 Å². The Balaban J connectivity index is 1.38. The maximum atomic E-state index is 12.7. The number of aromatic nitrogens is 1. The fourth-order valence-corrected chi connectivity index (χ4v) is 4.94. The zero-order valence-electron chi connectivity index (χ0n) is 17.5. The van der Waals surface area contributed by atoms with Crippen LogP contribution in [0.15, 0.2) is 47.4 Å². The number of para-hydroxylation sites is 1. The summed E-state index contributed by atoms with van der Waals surface area (Å²) >= 11 is 0. The Morgan fingerprint density at radius 3 is 2.68 bits per heavy atom. The normalized spacial score (nSPS) is 13.8. The highest BCUT2D eigenvalue weighted by Gasteiger charge is 2.24. The van der Waals surface area contributed by atoms with Gasteiger partial charge < -0.3 is 19.4 Å². The van der Waals surface area contributed by atoms with Crippen LogP contribution < -0.4 is 14.2 Å². The fraction of sp³-hybridized carbons (Fsp3) is 0.318. The van der Waals surface area contributed by atoms with Crippen molar-refractivity contribution in [3.63, 3.8) is 0 Å². The molecule has 0 unspecified atom stereocenters. The van der Waals surface area contributed by atoms with Crippen molar-refractivity contribution in [1.82, 2.24) is 14.6 Å². The maximum absolute atomic E-state index is 12.7. The van der Waals surface area contributed by atoms with Gasteiger partial charge in [0, 0.05) is 60.7 Å². The van der Waals surface area contributed by atoms with Gasteiger partial charge in [-0.25, -0.2) is 13.1 Å². The molecular formula is C22H25N3O5S. The third kappa shape index (κ3) is 4.24. The molecule has 1 aromatic heterocycles. The van der Waals surface area contributed by atoms with Gasteiger partial charge in [0.2, 0.25) is 15.9 Å². The first-order valence-corrected chi connectivity index (χ1v) is 11.5. The fourth-order valence-electron chi connectivity index (χ4n) is 3.90. The molecule has 31 heavy (non-hydrogen) atoms. The highest BCUT2D eigenvalue weighted by Crippen LogP contribution is 2.30. The van der Waals surface area contributed by atoms with Crippen LogP contribution in [0.3, 0.4) is 0 Å². The minimum atomic E-state index is -3.77. The van der Waals surface area contributed by atoms with Crippen molar-refractivity contribution in [2.75, 3.05) is 27.3 Å². The number of sulfonamides is 1. The monoisotopic (exact) mass is 443 g/mol. The number of carbonyl (C=O) groups is 1. The van der Waals surface area contributed by atoms with E-state index in [0.717, 1.165) is 22.9 Å². The lowest BCUT2D eigenvalue weighted by Crippen LogP contribution is -2.37. The molecule has 0 saturated heterocycles. The number of fused-ring (bicyclic) bond motifs is 3. The third-order valence-corrected chi connectivity index (χ3v) is 6.99. The van der Waals surface area contributed by atoms with E-state index >= 15 is 0 Å². The van der Waals surface area contributed by atoms with Gasteiger partial charge in [0.05, 0.1) is 19.1 Å². The molecule has 4 rings (SSSR count). The standard InChI is InChI=1S/C22H25N3O5S/c1-29-20-8-7-15(13-21(20)30-2)31(27,28)23-11-9-22(26)25-12-10-19-17(14-25)16-5-3-4-6-18(16)24-19/h3-8,13,23-24H,9-12,14H2,1-2H3. The molecule has 0 radical (unpaired) electrons. The van der Waals surface area contributed by atoms with E-state index in [1.807, 2.05) is 18.2 Å². The van der Waals surface area contributed by atoms with Crippen molar-refractivity contribution < 1.29 is 22.7 Å². The molecule has 3 aromatic rings. The quantitative estimate of drug-likeness (QED) is 0.584. The average Bonchev–Trinajstić information content (AvgIpc) is 3.16. The lowest BCUT2D eigenvalue weighted by molar-refractivity contribution is -0.131. The first kappa shape index (κ1) is 21.2. The van der Waals surface area contributed by atoms with Gasteiger partial charge in [-0.3, -0.25) is 4.79 Å². The number of ether oxygens (including phenoxy) is 2. The van der Waals surface area contributed by atoms with Crippen LogP contribution in [0.5, 0.6) is 11.5 Å². The number of hydrogen-bond donors (Lipinski definition) is 2. The second kappa shape index (κ2) is 8.60. The average molecular weight is 444 g/mol. The number of nitrogens with zero attached hydrogens (tertiary/aromatic N) is 1. The molecule has 0 fully saturated rings. The van der Waals surface area contributed by atoms with Crippen LogP contribution in [0, 0.1) is 0 Å². The smallest absolute Gasteiger partial charge is 0.240 e. The van der Waals surface area contributed by atoms with Crippen LogP contribution in [0.1, 0.15) is 17.7 Å². The van der Waals surface area contributed by atoms with Crippen LogP contribution in [-0.2, 0) is 27.8 Å². The molecule has 9 heteroatoms. The van der Waals surface area contributed by atoms with Gasteiger partial charge in [-0.1, -0.05) is 18.2 Å². The predicted molar refractivity (Wildman–Crippen MR) is 117 cm³/mol. The molecule has 1 amide bonds. The van der Waals surface area contributed by atoms with Gasteiger partial charge in [0.1, 0.15) is 0 Å². The van der Waals surface area contributed by atoms with E-state index in [0.29, 0.717) is 24.6 Å². The first-order chi connectivity index (χ1) is 14.9. The van der Waals surface area contributed by atoms with Gasteiger partial charge >= 0.3 is 0 Å². The van der Waals surface area contributed by atoms with E-state index in [1.54, 1.807) is 4.90 Å². The number of carbonyl (C=O) groups excluding carboxylic acids is 1. The number of H-pyrrole nitrogens is 1. The minimum Gasteiger partial charge on any atom is -0.493 e. The summed E-state index contributed by atoms with van der Waals surface area (Å²) in [6.45, 7) is 1.16. The Morgan fingerprint density at radius 1 is 1.13 bits per heavy atom. The van der Waals surface area contributed by atoms with Crippen molar-refractivity contribution in [1.29, 1.82) is 0 Å². The van der Waals surface area contributed by atoms with E-state index < -0.39 is 10.0 Å². The molecule has 2 heterocycles. The van der Waals surface area contributed by atoms with E-state index in [4.69, 9.17) is 9.47 Å². The summed E-state index contributed by atoms with van der Waals surface area (Å²) in [7, 11) is -0.850. The Kier molecular flexibility index (Phi) is 5.88. The number of amides is 1. The number of hydrogen-bond acceptors (Lipinski definition) is 5. The molecule has 0 saturated carbocycles. The highest BCUT2D eigenvalue weighted by molar-refractivity contribution is 7.89. The molecule has 164 valence electrons. The zero-order chi connectivity index (χ0) is 22.0. The van der Waals surface area contributed by atoms with Gasteiger partial charge in [-0.2, -0.15) is 0 Å². The summed E-state index contributed by atoms with van der Waals surface area (Å²) in [6.07, 6.45) is 0.845. The van der Waals surface area contributed by atoms with Gasteiger partial charge in [-0.15, -0.1) is 0 Å². The van der Waals surface area contributed by atoms with Crippen LogP contribution >= 0.6 is 0 Å². The van der Waals surface area contributed by atoms with Crippen molar-refractivity contribution in [3.8, 4) is 11.5 Å². The minimum absolute atomic E-state index is 0.0206. The number of aromatic amines is 1. The van der Waals surface area contributed by atoms with Crippen LogP contribution in [-0.4, -0.2) is 51.5 Å². The van der Waals surface area contributed by atoms with Gasteiger partial charge in [0.25, 0.3) is 0 Å². The van der Waals surface area contributed by atoms with Crippen molar-refractivity contribution in [3.05, 3.63) is 53.7 Å². The third-order valence-electron chi connectivity index (χ3n) is 5.53. The Morgan fingerprint density at radius 2 is 1.90 bits per heavy atom. The second-order valence-corrected chi connectivity index (χ2v) is 9.12. The van der Waals surface area contributed by atoms with Crippen LogP contribution in [0.25, 0.3) is 10.9 Å². The Labute approximate surface area is 181 Å². The summed E-state index contributed by atoms with van der Waals surface area (Å²) < 4.78 is 38.0. The summed E-state index contributed by atoms with van der Waals surface area (Å²) in [6, 6.07) is 12.4. The first-order valence-electron chi connectivity index (χ1n) is 10.0. The summed E-state index contributed by atoms with van der Waals surface area (Å²) in [5.74, 6) is 0.689. The predicted octanol–water partition coefficient (Wildman–Crippen LogP) is 2.44. The summed E-state index contributed by atoms with van der Waals surface area (Å²) in [4.78, 5) is 18.0. The Bertz CT molecular complexity index is 1220. The van der Waals surface area contributed by atoms with Crippen molar-refractivity contribution in [2.24, 2.45) is 0 Å². The van der Waals surface area contributed by atoms with Crippen LogP contribution in [0.2, 0.25) is 0 Å². The van der Waals surface area contributed by atoms with Crippen LogP contribution in [0.4, 0.5) is 0 Å². The lowest BCUT2D eigenvalue weighted by Gasteiger charge is -2.27. The molecular weight excluding hydrogens is 418 g/mol. The topological polar surface area (TPSA) is 101 Å². The number of nitrogens with one attached hydrogen (secondary N) is 2. The Hall–Kier alpha value is -3.04.